The van der Waals surface area contributed by atoms with Crippen molar-refractivity contribution in [3.63, 3.8) is 0 Å². The Morgan fingerprint density at radius 2 is 1.57 bits per heavy atom. The maximum absolute atomic E-state index is 14.8. The first kappa shape index (κ1) is 25.3. The van der Waals surface area contributed by atoms with Crippen LogP contribution in [0.15, 0.2) is 49.1 Å². The maximum atomic E-state index is 14.8. The van der Waals surface area contributed by atoms with Crippen molar-refractivity contribution >= 4 is 0 Å². The highest BCUT2D eigenvalue weighted by Gasteiger charge is 2.36. The van der Waals surface area contributed by atoms with Gasteiger partial charge in [0.05, 0.1) is 5.56 Å². The van der Waals surface area contributed by atoms with Crippen LogP contribution in [0.25, 0.3) is 0 Å². The smallest absolute Gasteiger partial charge is 0.406 e. The van der Waals surface area contributed by atoms with E-state index in [2.05, 4.69) is 23.2 Å². The Hall–Kier alpha value is -2.81. The molecule has 0 N–H and O–H groups in total. The number of rotatable bonds is 5. The molecule has 0 aromatic heterocycles. The molecule has 2 fully saturated rings. The van der Waals surface area contributed by atoms with Crippen molar-refractivity contribution in [2.75, 3.05) is 0 Å². The molecule has 2 aromatic carbocycles. The van der Waals surface area contributed by atoms with Crippen LogP contribution in [0.4, 0.5) is 22.0 Å². The monoisotopic (exact) mass is 488 g/mol. The van der Waals surface area contributed by atoms with E-state index in [4.69, 9.17) is 0 Å². The van der Waals surface area contributed by atoms with E-state index in [0.29, 0.717) is 23.0 Å². The molecule has 1 nitrogen and oxygen atoms in total. The summed E-state index contributed by atoms with van der Waals surface area (Å²) in [7, 11) is 0. The highest BCUT2D eigenvalue weighted by Crippen LogP contribution is 2.48. The summed E-state index contributed by atoms with van der Waals surface area (Å²) in [5.41, 5.74) is 0.677. The third kappa shape index (κ3) is 6.66. The fourth-order valence-electron chi connectivity index (χ4n) is 5.73. The molecule has 35 heavy (non-hydrogen) atoms. The normalized spacial score (nSPS) is 24.1. The van der Waals surface area contributed by atoms with Crippen molar-refractivity contribution in [3.8, 4) is 17.6 Å². The van der Waals surface area contributed by atoms with Crippen molar-refractivity contribution in [1.29, 1.82) is 0 Å². The summed E-state index contributed by atoms with van der Waals surface area (Å²) >= 11 is 0. The van der Waals surface area contributed by atoms with Crippen LogP contribution in [0.5, 0.6) is 5.75 Å². The summed E-state index contributed by atoms with van der Waals surface area (Å²) in [4.78, 5) is 0. The molecular formula is C29H29F5O. The number of ether oxygens (including phenoxy) is 1. The molecule has 2 saturated carbocycles. The van der Waals surface area contributed by atoms with E-state index in [1.165, 1.54) is 49.9 Å². The van der Waals surface area contributed by atoms with Gasteiger partial charge in [-0.2, -0.15) is 0 Å². The molecule has 0 aliphatic heterocycles. The summed E-state index contributed by atoms with van der Waals surface area (Å²) in [5.74, 6) is 5.55. The van der Waals surface area contributed by atoms with Crippen molar-refractivity contribution in [2.24, 2.45) is 17.8 Å². The van der Waals surface area contributed by atoms with Gasteiger partial charge in [-0.1, -0.05) is 24.3 Å². The van der Waals surface area contributed by atoms with Crippen molar-refractivity contribution in [1.82, 2.24) is 0 Å². The molecular weight excluding hydrogens is 459 g/mol. The van der Waals surface area contributed by atoms with Crippen LogP contribution < -0.4 is 4.74 Å². The van der Waals surface area contributed by atoms with Crippen LogP contribution in [0.2, 0.25) is 0 Å². The van der Waals surface area contributed by atoms with E-state index in [-0.39, 0.29) is 17.2 Å². The van der Waals surface area contributed by atoms with Gasteiger partial charge in [-0.3, -0.25) is 0 Å². The molecule has 0 amide bonds. The van der Waals surface area contributed by atoms with Gasteiger partial charge in [-0.05, 0) is 111 Å². The van der Waals surface area contributed by atoms with Gasteiger partial charge in [0.25, 0.3) is 0 Å². The number of alkyl halides is 3. The molecule has 2 aromatic rings. The lowest BCUT2D eigenvalue weighted by molar-refractivity contribution is -0.274. The predicted octanol–water partition coefficient (Wildman–Crippen LogP) is 8.53. The summed E-state index contributed by atoms with van der Waals surface area (Å²) in [5, 5.41) is 0. The third-order valence-electron chi connectivity index (χ3n) is 7.46. The first-order chi connectivity index (χ1) is 16.7. The van der Waals surface area contributed by atoms with Crippen molar-refractivity contribution in [3.05, 3.63) is 77.4 Å². The van der Waals surface area contributed by atoms with Crippen LogP contribution in [0.1, 0.15) is 74.0 Å². The second kappa shape index (κ2) is 10.8. The van der Waals surface area contributed by atoms with Gasteiger partial charge < -0.3 is 4.74 Å². The summed E-state index contributed by atoms with van der Waals surface area (Å²) in [6.07, 6.45) is 6.14. The number of fused-ring (bicyclic) bond motifs is 1. The summed E-state index contributed by atoms with van der Waals surface area (Å²) in [6, 6.07) is 7.63. The zero-order valence-corrected chi connectivity index (χ0v) is 19.5. The third-order valence-corrected chi connectivity index (χ3v) is 7.46. The molecule has 186 valence electrons. The van der Waals surface area contributed by atoms with Gasteiger partial charge in [-0.25, -0.2) is 8.78 Å². The Bertz CT molecular complexity index is 1070. The van der Waals surface area contributed by atoms with Gasteiger partial charge in [0, 0.05) is 5.56 Å². The highest BCUT2D eigenvalue weighted by atomic mass is 19.4. The fraction of sp³-hybridized carbons (Fsp3) is 0.448. The second-order valence-corrected chi connectivity index (χ2v) is 9.76. The predicted molar refractivity (Wildman–Crippen MR) is 126 cm³/mol. The van der Waals surface area contributed by atoms with E-state index in [0.717, 1.165) is 43.7 Å². The average molecular weight is 489 g/mol. The highest BCUT2D eigenvalue weighted by molar-refractivity contribution is 5.46. The van der Waals surface area contributed by atoms with Gasteiger partial charge in [-0.15, -0.1) is 19.8 Å². The molecule has 0 heterocycles. The minimum absolute atomic E-state index is 0.146. The van der Waals surface area contributed by atoms with Gasteiger partial charge in [0.2, 0.25) is 0 Å². The van der Waals surface area contributed by atoms with E-state index >= 15 is 0 Å². The zero-order chi connectivity index (χ0) is 25.0. The van der Waals surface area contributed by atoms with Crippen LogP contribution >= 0.6 is 0 Å². The Morgan fingerprint density at radius 3 is 2.23 bits per heavy atom. The first-order valence-electron chi connectivity index (χ1n) is 12.2. The second-order valence-electron chi connectivity index (χ2n) is 9.76. The van der Waals surface area contributed by atoms with E-state index < -0.39 is 18.0 Å². The van der Waals surface area contributed by atoms with Crippen LogP contribution in [-0.2, 0) is 0 Å². The Kier molecular flexibility index (Phi) is 7.84. The minimum atomic E-state index is -4.79. The number of halogens is 5. The lowest BCUT2D eigenvalue weighted by atomic mass is 9.63. The maximum Gasteiger partial charge on any atom is 0.573 e. The number of allylic oxidation sites excluding steroid dienone is 1. The molecule has 4 rings (SSSR count). The molecule has 0 saturated heterocycles. The van der Waals surface area contributed by atoms with E-state index in [9.17, 15) is 22.0 Å². The van der Waals surface area contributed by atoms with Gasteiger partial charge in [0.15, 0.2) is 0 Å². The molecule has 0 bridgehead atoms. The summed E-state index contributed by atoms with van der Waals surface area (Å²) in [6.45, 7) is 3.82. The fourth-order valence-corrected chi connectivity index (χ4v) is 5.73. The number of benzene rings is 2. The Labute approximate surface area is 203 Å². The quantitative estimate of drug-likeness (QED) is 0.233. The number of hydrogen-bond donors (Lipinski definition) is 0. The standard InChI is InChI=1S/C29H29F5O/c1-2-3-4-20-5-9-22-16-23(11-10-21(22)15-20)24-17-27(30)26(28(31)18-24)14-8-19-6-12-25(13-7-19)35-29(32,33)34/h2,6-7,12-13,17-18,20-23H,1,3-5,9-11,15-16H2. The van der Waals surface area contributed by atoms with Crippen LogP contribution in [-0.4, -0.2) is 6.36 Å². The molecule has 2 aliphatic carbocycles. The molecule has 4 unspecified atom stereocenters. The SMILES string of the molecule is C=CCCC1CCC2CC(c3cc(F)c(C#Cc4ccc(OC(F)(F)F)cc4)c(F)c3)CCC2C1. The van der Waals surface area contributed by atoms with Gasteiger partial charge in [0.1, 0.15) is 17.4 Å². The molecule has 0 spiro atoms. The largest absolute Gasteiger partial charge is 0.573 e. The van der Waals surface area contributed by atoms with Crippen LogP contribution in [0.3, 0.4) is 0 Å². The Balaban J connectivity index is 1.41. The topological polar surface area (TPSA) is 9.23 Å². The van der Waals surface area contributed by atoms with Crippen LogP contribution in [0, 0.1) is 41.2 Å². The minimum Gasteiger partial charge on any atom is -0.406 e. The molecule has 2 aliphatic rings. The zero-order valence-electron chi connectivity index (χ0n) is 19.5. The lowest BCUT2D eigenvalue weighted by Crippen LogP contribution is -2.30. The van der Waals surface area contributed by atoms with Gasteiger partial charge >= 0.3 is 6.36 Å². The molecule has 4 atom stereocenters. The van der Waals surface area contributed by atoms with Crippen molar-refractivity contribution in [2.45, 2.75) is 63.6 Å². The first-order valence-corrected chi connectivity index (χ1v) is 12.2. The average Bonchev–Trinajstić information content (AvgIpc) is 2.81. The number of hydrogen-bond acceptors (Lipinski definition) is 1. The van der Waals surface area contributed by atoms with E-state index in [1.54, 1.807) is 0 Å². The van der Waals surface area contributed by atoms with E-state index in [1.807, 2.05) is 6.08 Å². The molecule has 6 heteroatoms. The van der Waals surface area contributed by atoms with Crippen molar-refractivity contribution < 1.29 is 26.7 Å². The Morgan fingerprint density at radius 1 is 0.914 bits per heavy atom. The lowest BCUT2D eigenvalue weighted by Gasteiger charge is -2.42. The molecule has 0 radical (unpaired) electrons. The summed E-state index contributed by atoms with van der Waals surface area (Å²) < 4.78 is 70.3.